The van der Waals surface area contributed by atoms with E-state index in [9.17, 15) is 4.79 Å². The van der Waals surface area contributed by atoms with E-state index in [1.165, 1.54) is 0 Å². The lowest BCUT2D eigenvalue weighted by molar-refractivity contribution is 0.00578. The maximum absolute atomic E-state index is 12.7. The monoisotopic (exact) mass is 328 g/mol. The average Bonchev–Trinajstić information content (AvgIpc) is 2.96. The zero-order valence-corrected chi connectivity index (χ0v) is 15.3. The van der Waals surface area contributed by atoms with Gasteiger partial charge < -0.3 is 18.9 Å². The van der Waals surface area contributed by atoms with Crippen molar-refractivity contribution in [3.05, 3.63) is 40.5 Å². The van der Waals surface area contributed by atoms with Crippen LogP contribution in [0, 0.1) is 6.92 Å². The van der Waals surface area contributed by atoms with Crippen molar-refractivity contribution in [1.82, 2.24) is 9.55 Å². The van der Waals surface area contributed by atoms with Gasteiger partial charge in [-0.25, -0.2) is 0 Å². The predicted molar refractivity (Wildman–Crippen MR) is 97.8 cm³/mol. The molecule has 1 N–H and O–H groups in total. The van der Waals surface area contributed by atoms with Gasteiger partial charge in [0.05, 0.1) is 11.2 Å². The number of aromatic amines is 1. The SMILES string of the molecule is CC=CCn1cc(B2OC(C)(C)C(C)(C)O2)c2cc(C)[nH]c2c1=O. The molecule has 0 aromatic carbocycles. The molecule has 2 aromatic heterocycles. The van der Waals surface area contributed by atoms with Crippen LogP contribution in [0.1, 0.15) is 40.3 Å². The quantitative estimate of drug-likeness (QED) is 0.696. The van der Waals surface area contributed by atoms with E-state index in [1.54, 1.807) is 4.57 Å². The Hall–Kier alpha value is -1.79. The highest BCUT2D eigenvalue weighted by molar-refractivity contribution is 6.65. The molecule has 3 rings (SSSR count). The second-order valence-corrected chi connectivity index (χ2v) is 7.44. The van der Waals surface area contributed by atoms with E-state index < -0.39 is 18.3 Å². The van der Waals surface area contributed by atoms with Crippen LogP contribution in [-0.4, -0.2) is 27.9 Å². The van der Waals surface area contributed by atoms with E-state index in [-0.39, 0.29) is 5.56 Å². The lowest BCUT2D eigenvalue weighted by Gasteiger charge is -2.32. The zero-order chi connectivity index (χ0) is 17.7. The summed E-state index contributed by atoms with van der Waals surface area (Å²) < 4.78 is 14.1. The van der Waals surface area contributed by atoms with E-state index in [1.807, 2.05) is 66.0 Å². The number of aryl methyl sites for hydroxylation is 1. The Morgan fingerprint density at radius 3 is 2.46 bits per heavy atom. The Labute approximate surface area is 142 Å². The molecule has 1 saturated heterocycles. The van der Waals surface area contributed by atoms with Crippen LogP contribution in [0.15, 0.2) is 29.2 Å². The van der Waals surface area contributed by atoms with Gasteiger partial charge in [0.1, 0.15) is 5.52 Å². The van der Waals surface area contributed by atoms with Crippen molar-refractivity contribution >= 4 is 23.5 Å². The summed E-state index contributed by atoms with van der Waals surface area (Å²) in [6.07, 6.45) is 5.75. The lowest BCUT2D eigenvalue weighted by Crippen LogP contribution is -2.41. The Morgan fingerprint density at radius 1 is 1.25 bits per heavy atom. The van der Waals surface area contributed by atoms with Crippen LogP contribution in [-0.2, 0) is 15.9 Å². The highest BCUT2D eigenvalue weighted by atomic mass is 16.7. The fourth-order valence-electron chi connectivity index (χ4n) is 2.94. The first kappa shape index (κ1) is 17.1. The molecule has 1 aliphatic heterocycles. The van der Waals surface area contributed by atoms with Gasteiger partial charge in [-0.2, -0.15) is 0 Å². The highest BCUT2D eigenvalue weighted by Gasteiger charge is 2.52. The molecule has 0 aliphatic carbocycles. The van der Waals surface area contributed by atoms with Crippen LogP contribution in [0.2, 0.25) is 0 Å². The molecule has 0 amide bonds. The molecule has 6 heteroatoms. The Balaban J connectivity index is 2.17. The molecular weight excluding hydrogens is 303 g/mol. The van der Waals surface area contributed by atoms with Gasteiger partial charge in [-0.1, -0.05) is 12.2 Å². The number of hydrogen-bond acceptors (Lipinski definition) is 3. The molecule has 1 aliphatic rings. The molecule has 0 atom stereocenters. The summed E-state index contributed by atoms with van der Waals surface area (Å²) in [5.41, 5.74) is 1.57. The van der Waals surface area contributed by atoms with E-state index in [2.05, 4.69) is 4.98 Å². The number of hydrogen-bond donors (Lipinski definition) is 1. The zero-order valence-electron chi connectivity index (χ0n) is 15.3. The average molecular weight is 328 g/mol. The maximum atomic E-state index is 12.7. The molecule has 24 heavy (non-hydrogen) atoms. The highest BCUT2D eigenvalue weighted by Crippen LogP contribution is 2.36. The van der Waals surface area contributed by atoms with Gasteiger partial charge in [0.25, 0.3) is 5.56 Å². The van der Waals surface area contributed by atoms with Crippen molar-refractivity contribution in [2.45, 2.75) is 59.3 Å². The summed E-state index contributed by atoms with van der Waals surface area (Å²) in [5.74, 6) is 0. The number of H-pyrrole nitrogens is 1. The number of aromatic nitrogens is 2. The summed E-state index contributed by atoms with van der Waals surface area (Å²) >= 11 is 0. The first-order valence-corrected chi connectivity index (χ1v) is 8.36. The second-order valence-electron chi connectivity index (χ2n) is 7.44. The normalized spacial score (nSPS) is 19.7. The van der Waals surface area contributed by atoms with Gasteiger partial charge >= 0.3 is 7.12 Å². The summed E-state index contributed by atoms with van der Waals surface area (Å²) in [4.78, 5) is 15.9. The largest absolute Gasteiger partial charge is 0.497 e. The second kappa shape index (κ2) is 5.64. The summed E-state index contributed by atoms with van der Waals surface area (Å²) in [5, 5.41) is 0.868. The van der Waals surface area contributed by atoms with Gasteiger partial charge in [0, 0.05) is 29.3 Å². The predicted octanol–water partition coefficient (Wildman–Crippen LogP) is 2.51. The van der Waals surface area contributed by atoms with Crippen LogP contribution in [0.4, 0.5) is 0 Å². The Morgan fingerprint density at radius 2 is 1.88 bits per heavy atom. The van der Waals surface area contributed by atoms with Gasteiger partial charge in [-0.3, -0.25) is 4.79 Å². The summed E-state index contributed by atoms with van der Waals surface area (Å²) in [6.45, 7) is 12.5. The van der Waals surface area contributed by atoms with Crippen LogP contribution < -0.4 is 11.0 Å². The first-order chi connectivity index (χ1) is 11.2. The fraction of sp³-hybridized carbons (Fsp3) is 0.500. The molecule has 2 aromatic rings. The molecule has 3 heterocycles. The fourth-order valence-corrected chi connectivity index (χ4v) is 2.94. The molecule has 1 fully saturated rings. The van der Waals surface area contributed by atoms with Crippen molar-refractivity contribution in [3.63, 3.8) is 0 Å². The van der Waals surface area contributed by atoms with Gasteiger partial charge in [-0.05, 0) is 47.6 Å². The third-order valence-corrected chi connectivity index (χ3v) is 5.08. The number of pyridine rings is 1. The molecule has 5 nitrogen and oxygen atoms in total. The van der Waals surface area contributed by atoms with Crippen molar-refractivity contribution in [2.24, 2.45) is 0 Å². The number of fused-ring (bicyclic) bond motifs is 1. The standard InChI is InChI=1S/C18H25BN2O3/c1-7-8-9-21-11-14(13-10-12(2)20-15(13)16(21)22)19-23-17(3,4)18(5,6)24-19/h7-8,10-11,20H,9H2,1-6H3. The molecule has 0 bridgehead atoms. The van der Waals surface area contributed by atoms with Crippen LogP contribution in [0.25, 0.3) is 10.9 Å². The van der Waals surface area contributed by atoms with Gasteiger partial charge in [0.15, 0.2) is 0 Å². The first-order valence-electron chi connectivity index (χ1n) is 8.36. The summed E-state index contributed by atoms with van der Waals surface area (Å²) in [6, 6.07) is 1.98. The third kappa shape index (κ3) is 2.64. The molecule has 0 saturated carbocycles. The van der Waals surface area contributed by atoms with E-state index in [0.29, 0.717) is 12.1 Å². The van der Waals surface area contributed by atoms with Crippen LogP contribution in [0.5, 0.6) is 0 Å². The smallest absolute Gasteiger partial charge is 0.399 e. The van der Waals surface area contributed by atoms with Crippen molar-refractivity contribution < 1.29 is 9.31 Å². The number of allylic oxidation sites excluding steroid dienone is 2. The Kier molecular flexibility index (Phi) is 4.01. The van der Waals surface area contributed by atoms with Crippen molar-refractivity contribution in [3.8, 4) is 0 Å². The number of rotatable bonds is 3. The van der Waals surface area contributed by atoms with Crippen LogP contribution >= 0.6 is 0 Å². The van der Waals surface area contributed by atoms with E-state index in [4.69, 9.17) is 9.31 Å². The van der Waals surface area contributed by atoms with Gasteiger partial charge in [0.2, 0.25) is 0 Å². The molecule has 0 radical (unpaired) electrons. The molecule has 128 valence electrons. The van der Waals surface area contributed by atoms with Crippen molar-refractivity contribution in [2.75, 3.05) is 0 Å². The van der Waals surface area contributed by atoms with E-state index in [0.717, 1.165) is 16.5 Å². The Bertz CT molecular complexity index is 845. The lowest BCUT2D eigenvalue weighted by atomic mass is 9.78. The number of nitrogens with one attached hydrogen (secondary N) is 1. The topological polar surface area (TPSA) is 56.2 Å². The maximum Gasteiger partial charge on any atom is 0.497 e. The minimum atomic E-state index is -0.495. The molecule has 0 spiro atoms. The minimum Gasteiger partial charge on any atom is -0.399 e. The summed E-state index contributed by atoms with van der Waals surface area (Å²) in [7, 11) is -0.495. The number of nitrogens with zero attached hydrogens (tertiary/aromatic N) is 1. The third-order valence-electron chi connectivity index (χ3n) is 5.08. The van der Waals surface area contributed by atoms with Crippen molar-refractivity contribution in [1.29, 1.82) is 0 Å². The van der Waals surface area contributed by atoms with Crippen LogP contribution in [0.3, 0.4) is 0 Å². The molecule has 0 unspecified atom stereocenters. The molecular formula is C18H25BN2O3. The van der Waals surface area contributed by atoms with Gasteiger partial charge in [-0.15, -0.1) is 0 Å². The minimum absolute atomic E-state index is 0.0310. The van der Waals surface area contributed by atoms with E-state index >= 15 is 0 Å².